The number of piperazine rings is 1. The molecule has 4 heterocycles. The number of amides is 1. The number of ether oxygens (including phenoxy) is 1. The lowest BCUT2D eigenvalue weighted by atomic mass is 10.0. The minimum Gasteiger partial charge on any atom is -0.444 e. The molecule has 0 bridgehead atoms. The van der Waals surface area contributed by atoms with E-state index in [9.17, 15) is 27.2 Å². The number of hydrogen-bond acceptors (Lipinski definition) is 6. The third-order valence-corrected chi connectivity index (χ3v) is 10.1. The Morgan fingerprint density at radius 1 is 1.12 bits per heavy atom. The molecule has 0 N–H and O–H groups in total. The fourth-order valence-corrected chi connectivity index (χ4v) is 8.33. The van der Waals surface area contributed by atoms with Gasteiger partial charge in [0.05, 0.1) is 29.4 Å². The quantitative estimate of drug-likeness (QED) is 0.273. The number of nitrogens with zero attached hydrogens (tertiary/aromatic N) is 5. The summed E-state index contributed by atoms with van der Waals surface area (Å²) in [6.45, 7) is 9.33. The molecule has 0 spiro atoms. The van der Waals surface area contributed by atoms with Crippen molar-refractivity contribution < 1.29 is 27.1 Å². The third kappa shape index (κ3) is 5.77. The van der Waals surface area contributed by atoms with Gasteiger partial charge in [0, 0.05) is 47.8 Å². The molecule has 1 fully saturated rings. The van der Waals surface area contributed by atoms with Gasteiger partial charge in [-0.15, -0.1) is 10.1 Å². The molecule has 1 saturated heterocycles. The molecular weight excluding hydrogens is 598 g/mol. The molecule has 14 heteroatoms. The Labute approximate surface area is 247 Å². The summed E-state index contributed by atoms with van der Waals surface area (Å²) in [5.41, 5.74) is -1.73. The highest BCUT2D eigenvalue weighted by atomic mass is 35.7. The van der Waals surface area contributed by atoms with E-state index in [-0.39, 0.29) is 52.6 Å². The zero-order valence-electron chi connectivity index (χ0n) is 23.7. The number of hydrogen-bond donors (Lipinski definition) is 1. The number of carbonyl (C=O) groups is 1. The van der Waals surface area contributed by atoms with Gasteiger partial charge < -0.3 is 9.64 Å². The highest BCUT2D eigenvalue weighted by molar-refractivity contribution is 8.36. The first-order valence-electron chi connectivity index (χ1n) is 13.5. The Hall–Kier alpha value is -3.06. The normalized spacial score (nSPS) is 24.0. The van der Waals surface area contributed by atoms with E-state index >= 15 is 0 Å². The summed E-state index contributed by atoms with van der Waals surface area (Å²) in [5, 5.41) is 0.133. The van der Waals surface area contributed by atoms with E-state index in [0.717, 1.165) is 18.3 Å². The van der Waals surface area contributed by atoms with Crippen LogP contribution < -0.4 is 10.6 Å². The molecule has 4 atom stereocenters. The van der Waals surface area contributed by atoms with Gasteiger partial charge in [0.2, 0.25) is 0 Å². The van der Waals surface area contributed by atoms with Gasteiger partial charge in [0.15, 0.2) is 0 Å². The number of alkyl halides is 3. The Bertz CT molecular complexity index is 1580. The standard InChI is InChI=1S/C28H32ClF4N5O3S/c1-15-11-36(12-16(2)38(15)26(40)41-27(3,4)5)24-20-8-18(28(31,32)33)9-22-23(20)37(25(39)35-24)13-17(14-42(22)29)19-6-7-34-10-21(19)30/h6-10,15-17,42H,11-14H2,1-5H3/t15-,16+,17-/m1/s1. The number of aromatic nitrogens is 3. The zero-order chi connectivity index (χ0) is 30.7. The Morgan fingerprint density at radius 3 is 2.38 bits per heavy atom. The summed E-state index contributed by atoms with van der Waals surface area (Å²) in [6, 6.07) is 2.70. The van der Waals surface area contributed by atoms with Crippen LogP contribution in [0.1, 0.15) is 51.7 Å². The summed E-state index contributed by atoms with van der Waals surface area (Å²) >= 11 is 0. The second-order valence-corrected chi connectivity index (χ2v) is 14.6. The van der Waals surface area contributed by atoms with E-state index in [1.54, 1.807) is 30.6 Å². The molecule has 0 aliphatic carbocycles. The molecule has 5 rings (SSSR count). The second-order valence-electron chi connectivity index (χ2n) is 11.8. The number of rotatable bonds is 2. The number of benzene rings is 1. The first kappa shape index (κ1) is 30.4. The number of carbonyl (C=O) groups excluding carboxylic acids is 1. The molecule has 8 nitrogen and oxygen atoms in total. The summed E-state index contributed by atoms with van der Waals surface area (Å²) in [6.07, 6.45) is -2.70. The lowest BCUT2D eigenvalue weighted by molar-refractivity contribution is -0.137. The lowest BCUT2D eigenvalue weighted by Gasteiger charge is -2.45. The van der Waals surface area contributed by atoms with Crippen molar-refractivity contribution >= 4 is 43.6 Å². The fourth-order valence-electron chi connectivity index (χ4n) is 5.79. The molecule has 0 radical (unpaired) electrons. The number of anilines is 1. The van der Waals surface area contributed by atoms with Crippen LogP contribution in [0.15, 0.2) is 40.3 Å². The van der Waals surface area contributed by atoms with Gasteiger partial charge in [-0.25, -0.2) is 14.0 Å². The van der Waals surface area contributed by atoms with Crippen LogP contribution in [0.3, 0.4) is 0 Å². The maximum absolute atomic E-state index is 14.7. The second kappa shape index (κ2) is 10.9. The van der Waals surface area contributed by atoms with Crippen LogP contribution in [0.25, 0.3) is 10.9 Å². The maximum Gasteiger partial charge on any atom is 0.416 e. The summed E-state index contributed by atoms with van der Waals surface area (Å²) < 4.78 is 64.1. The molecule has 2 aliphatic rings. The highest BCUT2D eigenvalue weighted by Gasteiger charge is 2.39. The minimum absolute atomic E-state index is 0.00725. The molecule has 1 unspecified atom stereocenters. The van der Waals surface area contributed by atoms with E-state index in [2.05, 4.69) is 9.97 Å². The molecule has 228 valence electrons. The van der Waals surface area contributed by atoms with Crippen LogP contribution in [0.2, 0.25) is 0 Å². The fraction of sp³-hybridized carbons (Fsp3) is 0.500. The van der Waals surface area contributed by atoms with Crippen LogP contribution in [0.4, 0.5) is 28.2 Å². The van der Waals surface area contributed by atoms with E-state index < -0.39 is 63.1 Å². The van der Waals surface area contributed by atoms with Crippen molar-refractivity contribution in [1.82, 2.24) is 19.4 Å². The van der Waals surface area contributed by atoms with Crippen molar-refractivity contribution in [3.8, 4) is 0 Å². The van der Waals surface area contributed by atoms with Gasteiger partial charge >= 0.3 is 18.0 Å². The van der Waals surface area contributed by atoms with Gasteiger partial charge in [-0.1, -0.05) is 10.7 Å². The lowest BCUT2D eigenvalue weighted by Crippen LogP contribution is -2.59. The maximum atomic E-state index is 14.7. The Kier molecular flexibility index (Phi) is 7.88. The predicted molar refractivity (Wildman–Crippen MR) is 155 cm³/mol. The molecule has 42 heavy (non-hydrogen) atoms. The highest BCUT2D eigenvalue weighted by Crippen LogP contribution is 2.52. The zero-order valence-corrected chi connectivity index (χ0v) is 25.4. The largest absolute Gasteiger partial charge is 0.444 e. The van der Waals surface area contributed by atoms with Gasteiger partial charge in [0.1, 0.15) is 17.2 Å². The van der Waals surface area contributed by atoms with Crippen molar-refractivity contribution in [2.45, 2.75) is 75.8 Å². The first-order chi connectivity index (χ1) is 19.5. The van der Waals surface area contributed by atoms with Crippen LogP contribution in [-0.2, 0) is 17.5 Å². The number of thiol groups is 1. The first-order valence-corrected chi connectivity index (χ1v) is 15.9. The summed E-state index contributed by atoms with van der Waals surface area (Å²) in [7, 11) is 5.09. The van der Waals surface area contributed by atoms with E-state index in [1.165, 1.54) is 16.8 Å². The number of pyridine rings is 1. The molecule has 0 saturated carbocycles. The average molecular weight is 630 g/mol. The van der Waals surface area contributed by atoms with Gasteiger partial charge in [-0.2, -0.15) is 18.2 Å². The van der Waals surface area contributed by atoms with Crippen molar-refractivity contribution in [2.24, 2.45) is 0 Å². The smallest absolute Gasteiger partial charge is 0.416 e. The minimum atomic E-state index is -4.69. The molecule has 1 aromatic carbocycles. The SMILES string of the molecule is C[C@@H]1CN(c2nc(=O)n3c4c(cc(C(F)(F)F)cc24)[SH](Cl)C[C@H](c2ccncc2F)C3)C[C@H](C)N1C(=O)OC(C)(C)C. The number of halogens is 5. The van der Waals surface area contributed by atoms with Gasteiger partial charge in [-0.3, -0.25) is 14.5 Å². The topological polar surface area (TPSA) is 80.6 Å². The van der Waals surface area contributed by atoms with E-state index in [4.69, 9.17) is 15.4 Å². The van der Waals surface area contributed by atoms with Crippen LogP contribution in [0.5, 0.6) is 0 Å². The van der Waals surface area contributed by atoms with E-state index in [1.807, 2.05) is 13.8 Å². The molecule has 2 aromatic heterocycles. The van der Waals surface area contributed by atoms with Crippen LogP contribution in [0, 0.1) is 5.82 Å². The van der Waals surface area contributed by atoms with Crippen molar-refractivity contribution in [1.29, 1.82) is 0 Å². The Morgan fingerprint density at radius 2 is 1.79 bits per heavy atom. The van der Waals surface area contributed by atoms with Gasteiger partial charge in [-0.05, 0) is 58.4 Å². The molecule has 2 aliphatic heterocycles. The van der Waals surface area contributed by atoms with Crippen molar-refractivity contribution in [3.63, 3.8) is 0 Å². The summed E-state index contributed by atoms with van der Waals surface area (Å²) in [5.74, 6) is -0.906. The van der Waals surface area contributed by atoms with Crippen LogP contribution in [-0.4, -0.2) is 62.1 Å². The van der Waals surface area contributed by atoms with Crippen molar-refractivity contribution in [2.75, 3.05) is 23.7 Å². The summed E-state index contributed by atoms with van der Waals surface area (Å²) in [4.78, 5) is 38.1. The predicted octanol–water partition coefficient (Wildman–Crippen LogP) is 6.09. The molecular formula is C28H32ClF4N5O3S. The van der Waals surface area contributed by atoms with Crippen molar-refractivity contribution in [3.05, 3.63) is 58.0 Å². The molecule has 1 amide bonds. The van der Waals surface area contributed by atoms with E-state index in [0.29, 0.717) is 0 Å². The monoisotopic (exact) mass is 629 g/mol. The molecule has 3 aromatic rings. The third-order valence-electron chi connectivity index (χ3n) is 7.47. The Balaban J connectivity index is 1.64. The van der Waals surface area contributed by atoms with Crippen LogP contribution >= 0.6 is 20.8 Å². The van der Waals surface area contributed by atoms with Gasteiger partial charge in [0.25, 0.3) is 0 Å². The average Bonchev–Trinajstić information content (AvgIpc) is 3.01.